The van der Waals surface area contributed by atoms with E-state index in [0.29, 0.717) is 5.54 Å². The molecule has 1 aliphatic carbocycles. The summed E-state index contributed by atoms with van der Waals surface area (Å²) in [4.78, 5) is 11.2. The molecule has 1 unspecified atom stereocenters. The number of alkyl carbamates (subject to hydrolysis) is 1. The van der Waals surface area contributed by atoms with E-state index in [0.717, 1.165) is 19.4 Å². The van der Waals surface area contributed by atoms with Gasteiger partial charge in [-0.1, -0.05) is 19.3 Å². The van der Waals surface area contributed by atoms with Crippen molar-refractivity contribution in [2.75, 3.05) is 13.7 Å². The molecule has 1 spiro atoms. The smallest absolute Gasteiger partial charge is 0.407 e. The van der Waals surface area contributed by atoms with Crippen molar-refractivity contribution < 1.29 is 9.53 Å². The van der Waals surface area contributed by atoms with Gasteiger partial charge in [-0.15, -0.1) is 0 Å². The van der Waals surface area contributed by atoms with Crippen LogP contribution in [0.3, 0.4) is 0 Å². The fourth-order valence-corrected chi connectivity index (χ4v) is 3.12. The van der Waals surface area contributed by atoms with Crippen LogP contribution in [0, 0.1) is 0 Å². The van der Waals surface area contributed by atoms with Crippen LogP contribution < -0.4 is 10.6 Å². The van der Waals surface area contributed by atoms with Crippen molar-refractivity contribution in [3.05, 3.63) is 0 Å². The molecule has 2 N–H and O–H groups in total. The number of amides is 1. The molecule has 1 saturated heterocycles. The molecule has 4 heteroatoms. The van der Waals surface area contributed by atoms with Crippen molar-refractivity contribution >= 4 is 6.09 Å². The zero-order valence-electron chi connectivity index (χ0n) is 10.1. The second-order valence-corrected chi connectivity index (χ2v) is 5.09. The van der Waals surface area contributed by atoms with Gasteiger partial charge in [0.1, 0.15) is 0 Å². The van der Waals surface area contributed by atoms with E-state index in [1.165, 1.54) is 39.2 Å². The quantitative estimate of drug-likeness (QED) is 0.717. The summed E-state index contributed by atoms with van der Waals surface area (Å²) in [5.74, 6) is 0. The van der Waals surface area contributed by atoms with E-state index in [4.69, 9.17) is 0 Å². The van der Waals surface area contributed by atoms with Crippen LogP contribution in [0.1, 0.15) is 44.9 Å². The van der Waals surface area contributed by atoms with Gasteiger partial charge in [-0.3, -0.25) is 0 Å². The van der Waals surface area contributed by atoms with Crippen LogP contribution in [0.4, 0.5) is 4.79 Å². The summed E-state index contributed by atoms with van der Waals surface area (Å²) in [5, 5.41) is 6.60. The molecule has 1 aliphatic heterocycles. The maximum Gasteiger partial charge on any atom is 0.407 e. The monoisotopic (exact) mass is 226 g/mol. The van der Waals surface area contributed by atoms with E-state index in [1.54, 1.807) is 0 Å². The van der Waals surface area contributed by atoms with E-state index in [-0.39, 0.29) is 12.1 Å². The van der Waals surface area contributed by atoms with Gasteiger partial charge in [0.2, 0.25) is 0 Å². The van der Waals surface area contributed by atoms with Gasteiger partial charge in [-0.05, 0) is 32.2 Å². The molecule has 92 valence electrons. The Balaban J connectivity index is 1.90. The molecule has 2 rings (SSSR count). The highest BCUT2D eigenvalue weighted by atomic mass is 16.5. The molecule has 0 aromatic heterocycles. The molecule has 4 nitrogen and oxygen atoms in total. The van der Waals surface area contributed by atoms with Crippen LogP contribution in [0.15, 0.2) is 0 Å². The van der Waals surface area contributed by atoms with E-state index in [1.807, 2.05) is 0 Å². The lowest BCUT2D eigenvalue weighted by molar-refractivity contribution is 0.136. The molecule has 2 aliphatic rings. The van der Waals surface area contributed by atoms with Gasteiger partial charge in [0.15, 0.2) is 0 Å². The minimum absolute atomic E-state index is 0.284. The van der Waals surface area contributed by atoms with Crippen molar-refractivity contribution in [2.24, 2.45) is 0 Å². The summed E-state index contributed by atoms with van der Waals surface area (Å²) in [6, 6.07) is 0.284. The highest BCUT2D eigenvalue weighted by molar-refractivity contribution is 5.67. The molecule has 0 bridgehead atoms. The SMILES string of the molecule is COC(=O)NC1CCNC2(CCCCC2)C1. The summed E-state index contributed by atoms with van der Waals surface area (Å²) in [5.41, 5.74) is 0.294. The Morgan fingerprint density at radius 2 is 2.12 bits per heavy atom. The first-order valence-corrected chi connectivity index (χ1v) is 6.34. The molecular formula is C12H22N2O2. The number of hydrogen-bond donors (Lipinski definition) is 2. The molecule has 16 heavy (non-hydrogen) atoms. The molecule has 0 aromatic rings. The van der Waals surface area contributed by atoms with Gasteiger partial charge >= 0.3 is 6.09 Å². The van der Waals surface area contributed by atoms with Crippen molar-refractivity contribution in [3.8, 4) is 0 Å². The first kappa shape index (κ1) is 11.7. The number of methoxy groups -OCH3 is 1. The van der Waals surface area contributed by atoms with E-state index in [9.17, 15) is 4.79 Å². The summed E-state index contributed by atoms with van der Waals surface area (Å²) in [6.45, 7) is 1.01. The van der Waals surface area contributed by atoms with E-state index < -0.39 is 0 Å². The van der Waals surface area contributed by atoms with Gasteiger partial charge in [0, 0.05) is 11.6 Å². The lowest BCUT2D eigenvalue weighted by Crippen LogP contribution is -2.57. The molecule has 2 fully saturated rings. The average molecular weight is 226 g/mol. The Morgan fingerprint density at radius 3 is 2.81 bits per heavy atom. The maximum atomic E-state index is 11.2. The lowest BCUT2D eigenvalue weighted by Gasteiger charge is -2.44. The third-order valence-electron chi connectivity index (χ3n) is 3.95. The van der Waals surface area contributed by atoms with Crippen molar-refractivity contribution in [1.82, 2.24) is 10.6 Å². The van der Waals surface area contributed by atoms with E-state index in [2.05, 4.69) is 15.4 Å². The summed E-state index contributed by atoms with van der Waals surface area (Å²) in [6.07, 6.45) is 8.28. The molecule has 1 heterocycles. The highest BCUT2D eigenvalue weighted by Gasteiger charge is 2.37. The maximum absolute atomic E-state index is 11.2. The Bertz CT molecular complexity index is 244. The number of carbonyl (C=O) groups is 1. The second-order valence-electron chi connectivity index (χ2n) is 5.09. The van der Waals surface area contributed by atoms with E-state index >= 15 is 0 Å². The fourth-order valence-electron chi connectivity index (χ4n) is 3.12. The normalized spacial score (nSPS) is 28.7. The lowest BCUT2D eigenvalue weighted by atomic mass is 9.75. The zero-order valence-corrected chi connectivity index (χ0v) is 10.1. The van der Waals surface area contributed by atoms with Crippen molar-refractivity contribution in [3.63, 3.8) is 0 Å². The van der Waals surface area contributed by atoms with Gasteiger partial charge in [0.05, 0.1) is 7.11 Å². The highest BCUT2D eigenvalue weighted by Crippen LogP contribution is 2.34. The first-order chi connectivity index (χ1) is 7.74. The summed E-state index contributed by atoms with van der Waals surface area (Å²) < 4.78 is 4.66. The average Bonchev–Trinajstić information content (AvgIpc) is 2.30. The van der Waals surface area contributed by atoms with Gasteiger partial charge in [0.25, 0.3) is 0 Å². The van der Waals surface area contributed by atoms with Gasteiger partial charge in [-0.2, -0.15) is 0 Å². The summed E-state index contributed by atoms with van der Waals surface area (Å²) >= 11 is 0. The van der Waals surface area contributed by atoms with Crippen LogP contribution in [0.2, 0.25) is 0 Å². The molecular weight excluding hydrogens is 204 g/mol. The number of rotatable bonds is 1. The molecule has 1 saturated carbocycles. The van der Waals surface area contributed by atoms with Crippen LogP contribution >= 0.6 is 0 Å². The Hall–Kier alpha value is -0.770. The minimum atomic E-state index is -0.294. The first-order valence-electron chi connectivity index (χ1n) is 6.34. The van der Waals surface area contributed by atoms with Crippen molar-refractivity contribution in [2.45, 2.75) is 56.5 Å². The van der Waals surface area contributed by atoms with Crippen LogP contribution in [0.25, 0.3) is 0 Å². The standard InChI is InChI=1S/C12H22N2O2/c1-16-11(15)14-10-5-8-13-12(9-10)6-3-2-4-7-12/h10,13H,2-9H2,1H3,(H,14,15). The second kappa shape index (κ2) is 5.04. The third kappa shape index (κ3) is 2.67. The number of piperidine rings is 1. The molecule has 0 aromatic carbocycles. The molecule has 0 radical (unpaired) electrons. The Labute approximate surface area is 97.1 Å². The van der Waals surface area contributed by atoms with Gasteiger partial charge < -0.3 is 15.4 Å². The Kier molecular flexibility index (Phi) is 3.69. The summed E-state index contributed by atoms with van der Waals surface area (Å²) in [7, 11) is 1.42. The van der Waals surface area contributed by atoms with Crippen molar-refractivity contribution in [1.29, 1.82) is 0 Å². The number of ether oxygens (including phenoxy) is 1. The largest absolute Gasteiger partial charge is 0.453 e. The zero-order chi connectivity index (χ0) is 11.4. The van der Waals surface area contributed by atoms with Crippen LogP contribution in [0.5, 0.6) is 0 Å². The third-order valence-corrected chi connectivity index (χ3v) is 3.95. The molecule has 1 atom stereocenters. The fraction of sp³-hybridized carbons (Fsp3) is 0.917. The predicted molar refractivity (Wildman–Crippen MR) is 62.4 cm³/mol. The molecule has 1 amide bonds. The van der Waals surface area contributed by atoms with Gasteiger partial charge in [-0.25, -0.2) is 4.79 Å². The predicted octanol–water partition coefficient (Wildman–Crippen LogP) is 1.80. The minimum Gasteiger partial charge on any atom is -0.453 e. The number of carbonyl (C=O) groups excluding carboxylic acids is 1. The number of hydrogen-bond acceptors (Lipinski definition) is 3. The van der Waals surface area contributed by atoms with Crippen LogP contribution in [-0.2, 0) is 4.74 Å². The number of nitrogens with one attached hydrogen (secondary N) is 2. The topological polar surface area (TPSA) is 50.4 Å². The van der Waals surface area contributed by atoms with Crippen LogP contribution in [-0.4, -0.2) is 31.3 Å². The Morgan fingerprint density at radius 1 is 1.38 bits per heavy atom.